The fourth-order valence-electron chi connectivity index (χ4n) is 1.87. The van der Waals surface area contributed by atoms with E-state index in [4.69, 9.17) is 5.11 Å². The van der Waals surface area contributed by atoms with E-state index in [0.717, 1.165) is 17.1 Å². The van der Waals surface area contributed by atoms with Crippen molar-refractivity contribution in [2.24, 2.45) is 0 Å². The van der Waals surface area contributed by atoms with Gasteiger partial charge in [0, 0.05) is 29.9 Å². The van der Waals surface area contributed by atoms with E-state index in [1.54, 1.807) is 22.2 Å². The Labute approximate surface area is 121 Å². The lowest BCUT2D eigenvalue weighted by atomic mass is 10.2. The summed E-state index contributed by atoms with van der Waals surface area (Å²) in [6, 6.07) is 0.248. The van der Waals surface area contributed by atoms with Crippen LogP contribution in [0.15, 0.2) is 24.0 Å². The van der Waals surface area contributed by atoms with Crippen molar-refractivity contribution < 1.29 is 9.90 Å². The summed E-state index contributed by atoms with van der Waals surface area (Å²) in [6.07, 6.45) is 5.58. The van der Waals surface area contributed by atoms with E-state index in [9.17, 15) is 4.79 Å². The summed E-state index contributed by atoms with van der Waals surface area (Å²) in [5, 5.41) is 15.9. The zero-order valence-electron chi connectivity index (χ0n) is 11.6. The fraction of sp³-hybridized carbons (Fsp3) is 0.462. The van der Waals surface area contributed by atoms with Gasteiger partial charge in [0.1, 0.15) is 5.01 Å². The van der Waals surface area contributed by atoms with Crippen LogP contribution in [0.4, 0.5) is 0 Å². The maximum atomic E-state index is 10.5. The van der Waals surface area contributed by atoms with E-state index >= 15 is 0 Å². The second-order valence-corrected chi connectivity index (χ2v) is 5.64. The van der Waals surface area contributed by atoms with Crippen LogP contribution in [0.5, 0.6) is 0 Å². The lowest BCUT2D eigenvalue weighted by Crippen LogP contribution is -2.21. The third-order valence-electron chi connectivity index (χ3n) is 3.14. The highest BCUT2D eigenvalue weighted by Crippen LogP contribution is 2.22. The molecule has 0 aliphatic carbocycles. The van der Waals surface area contributed by atoms with Gasteiger partial charge in [0.25, 0.3) is 0 Å². The van der Waals surface area contributed by atoms with Gasteiger partial charge in [-0.15, -0.1) is 11.3 Å². The highest BCUT2D eigenvalue weighted by Gasteiger charge is 2.14. The van der Waals surface area contributed by atoms with Crippen molar-refractivity contribution in [3.8, 4) is 0 Å². The van der Waals surface area contributed by atoms with Crippen molar-refractivity contribution in [3.05, 3.63) is 34.5 Å². The molecule has 108 valence electrons. The molecule has 20 heavy (non-hydrogen) atoms. The molecule has 2 rings (SSSR count). The van der Waals surface area contributed by atoms with E-state index in [0.29, 0.717) is 6.54 Å². The molecule has 0 aliphatic rings. The second kappa shape index (κ2) is 6.62. The van der Waals surface area contributed by atoms with Gasteiger partial charge in [-0.1, -0.05) is 0 Å². The first-order chi connectivity index (χ1) is 9.56. The number of hydrogen-bond acceptors (Lipinski definition) is 5. The Bertz CT molecular complexity index is 552. The van der Waals surface area contributed by atoms with Crippen molar-refractivity contribution in [1.82, 2.24) is 19.7 Å². The Morgan fingerprint density at radius 1 is 1.60 bits per heavy atom. The normalized spacial score (nSPS) is 12.8. The molecule has 6 nitrogen and oxygen atoms in total. The first-order valence-electron chi connectivity index (χ1n) is 6.39. The molecule has 1 N–H and O–H groups in total. The summed E-state index contributed by atoms with van der Waals surface area (Å²) in [7, 11) is 2.04. The average molecular weight is 294 g/mol. The smallest absolute Gasteiger partial charge is 0.305 e. The molecule has 0 amide bonds. The molecule has 7 heteroatoms. The summed E-state index contributed by atoms with van der Waals surface area (Å²) in [5.74, 6) is -0.809. The number of aliphatic carboxylic acids is 1. The molecular formula is C13H18N4O2S. The van der Waals surface area contributed by atoms with Crippen molar-refractivity contribution >= 4 is 17.3 Å². The zero-order chi connectivity index (χ0) is 14.5. The summed E-state index contributed by atoms with van der Waals surface area (Å²) in [4.78, 5) is 17.0. The number of aromatic nitrogens is 3. The SMILES string of the molecule is C[C@H](c1nccs1)N(C)Cc1cnn(CCC(=O)O)c1. The minimum Gasteiger partial charge on any atom is -0.481 e. The van der Waals surface area contributed by atoms with Crippen LogP contribution in [-0.2, 0) is 17.9 Å². The highest BCUT2D eigenvalue weighted by atomic mass is 32.1. The Morgan fingerprint density at radius 3 is 3.05 bits per heavy atom. The van der Waals surface area contributed by atoms with Crippen LogP contribution in [0.1, 0.15) is 30.0 Å². The van der Waals surface area contributed by atoms with Gasteiger partial charge < -0.3 is 5.11 Å². The van der Waals surface area contributed by atoms with Crippen LogP contribution in [0.2, 0.25) is 0 Å². The quantitative estimate of drug-likeness (QED) is 0.845. The molecule has 2 aromatic heterocycles. The molecule has 0 saturated heterocycles. The average Bonchev–Trinajstić information content (AvgIpc) is 3.06. The van der Waals surface area contributed by atoms with Crippen molar-refractivity contribution in [2.45, 2.75) is 32.5 Å². The molecule has 2 heterocycles. The van der Waals surface area contributed by atoms with E-state index in [1.165, 1.54) is 0 Å². The largest absolute Gasteiger partial charge is 0.481 e. The van der Waals surface area contributed by atoms with Gasteiger partial charge in [0.15, 0.2) is 0 Å². The van der Waals surface area contributed by atoms with Crippen molar-refractivity contribution in [1.29, 1.82) is 0 Å². The molecule has 0 aliphatic heterocycles. The summed E-state index contributed by atoms with van der Waals surface area (Å²) in [6.45, 7) is 3.28. The van der Waals surface area contributed by atoms with Crippen LogP contribution < -0.4 is 0 Å². The third kappa shape index (κ3) is 3.88. The number of carboxylic acid groups (broad SMARTS) is 1. The number of thiazole rings is 1. The monoisotopic (exact) mass is 294 g/mol. The highest BCUT2D eigenvalue weighted by molar-refractivity contribution is 7.09. The molecule has 0 bridgehead atoms. The second-order valence-electron chi connectivity index (χ2n) is 4.72. The van der Waals surface area contributed by atoms with Gasteiger partial charge >= 0.3 is 5.97 Å². The first-order valence-corrected chi connectivity index (χ1v) is 7.27. The maximum Gasteiger partial charge on any atom is 0.305 e. The van der Waals surface area contributed by atoms with Crippen molar-refractivity contribution in [3.63, 3.8) is 0 Å². The van der Waals surface area contributed by atoms with Gasteiger partial charge in [0.05, 0.1) is 25.2 Å². The Morgan fingerprint density at radius 2 is 2.40 bits per heavy atom. The maximum absolute atomic E-state index is 10.5. The molecule has 1 atom stereocenters. The summed E-state index contributed by atoms with van der Waals surface area (Å²) in [5.41, 5.74) is 1.07. The number of rotatable bonds is 7. The molecule has 0 saturated carbocycles. The number of carboxylic acids is 1. The predicted octanol–water partition coefficient (Wildman–Crippen LogP) is 2.01. The lowest BCUT2D eigenvalue weighted by Gasteiger charge is -2.22. The van der Waals surface area contributed by atoms with E-state index in [-0.39, 0.29) is 12.5 Å². The number of nitrogens with zero attached hydrogens (tertiary/aromatic N) is 4. The zero-order valence-corrected chi connectivity index (χ0v) is 12.4. The van der Waals surface area contributed by atoms with E-state index in [1.807, 2.05) is 24.8 Å². The summed E-state index contributed by atoms with van der Waals surface area (Å²) >= 11 is 1.65. The van der Waals surface area contributed by atoms with Gasteiger partial charge in [-0.3, -0.25) is 14.4 Å². The van der Waals surface area contributed by atoms with Gasteiger partial charge in [0.2, 0.25) is 0 Å². The topological polar surface area (TPSA) is 71.2 Å². The number of hydrogen-bond donors (Lipinski definition) is 1. The molecule has 0 radical (unpaired) electrons. The van der Waals surface area contributed by atoms with Crippen LogP contribution in [0.3, 0.4) is 0 Å². The minimum absolute atomic E-state index is 0.0898. The third-order valence-corrected chi connectivity index (χ3v) is 4.09. The van der Waals surface area contributed by atoms with Crippen LogP contribution in [0.25, 0.3) is 0 Å². The molecule has 0 aromatic carbocycles. The van der Waals surface area contributed by atoms with Crippen LogP contribution >= 0.6 is 11.3 Å². The van der Waals surface area contributed by atoms with Gasteiger partial charge in [-0.2, -0.15) is 5.10 Å². The number of aryl methyl sites for hydroxylation is 1. The molecular weight excluding hydrogens is 276 g/mol. The van der Waals surface area contributed by atoms with Gasteiger partial charge in [-0.25, -0.2) is 4.98 Å². The Balaban J connectivity index is 1.91. The Hall–Kier alpha value is -1.73. The number of carbonyl (C=O) groups is 1. The molecule has 0 fully saturated rings. The van der Waals surface area contributed by atoms with Crippen molar-refractivity contribution in [2.75, 3.05) is 7.05 Å². The standard InChI is InChI=1S/C13H18N4O2S/c1-10(13-14-4-6-20-13)16(2)8-11-7-15-17(9-11)5-3-12(18)19/h4,6-7,9-10H,3,5,8H2,1-2H3,(H,18,19)/t10-/m1/s1. The first kappa shape index (κ1) is 14.7. The molecule has 2 aromatic rings. The Kier molecular flexibility index (Phi) is 4.86. The van der Waals surface area contributed by atoms with E-state index in [2.05, 4.69) is 21.9 Å². The minimum atomic E-state index is -0.809. The fourth-order valence-corrected chi connectivity index (χ4v) is 2.63. The van der Waals surface area contributed by atoms with Gasteiger partial charge in [-0.05, 0) is 14.0 Å². The molecule has 0 unspecified atom stereocenters. The van der Waals surface area contributed by atoms with Crippen LogP contribution in [0, 0.1) is 0 Å². The predicted molar refractivity (Wildman–Crippen MR) is 76.5 cm³/mol. The van der Waals surface area contributed by atoms with Crippen LogP contribution in [-0.4, -0.2) is 37.8 Å². The molecule has 0 spiro atoms. The van der Waals surface area contributed by atoms with E-state index < -0.39 is 5.97 Å². The lowest BCUT2D eigenvalue weighted by molar-refractivity contribution is -0.137. The summed E-state index contributed by atoms with van der Waals surface area (Å²) < 4.78 is 1.67.